The summed E-state index contributed by atoms with van der Waals surface area (Å²) in [7, 11) is 0. The third-order valence-electron chi connectivity index (χ3n) is 3.07. The Kier molecular flexibility index (Phi) is 2.13. The Balaban J connectivity index is 1.85. The van der Waals surface area contributed by atoms with E-state index in [1.54, 1.807) is 0 Å². The molecule has 0 radical (unpaired) electrons. The van der Waals surface area contributed by atoms with E-state index in [-0.39, 0.29) is 11.9 Å². The van der Waals surface area contributed by atoms with E-state index >= 15 is 0 Å². The molecule has 2 bridgehead atoms. The summed E-state index contributed by atoms with van der Waals surface area (Å²) < 4.78 is 0. The average Bonchev–Trinajstić information content (AvgIpc) is 2.17. The first-order chi connectivity index (χ1) is 6.20. The maximum atomic E-state index is 9.50. The summed E-state index contributed by atoms with van der Waals surface area (Å²) >= 11 is 0. The fourth-order valence-electron chi connectivity index (χ4n) is 2.35. The second-order valence-corrected chi connectivity index (χ2v) is 4.03. The van der Waals surface area contributed by atoms with Gasteiger partial charge >= 0.3 is 0 Å². The molecule has 2 unspecified atom stereocenters. The lowest BCUT2D eigenvalue weighted by Crippen LogP contribution is -2.59. The van der Waals surface area contributed by atoms with Crippen LogP contribution in [0.15, 0.2) is 5.16 Å². The molecule has 74 valence electrons. The van der Waals surface area contributed by atoms with E-state index in [0.29, 0.717) is 18.4 Å². The third kappa shape index (κ3) is 1.49. The van der Waals surface area contributed by atoms with Crippen molar-refractivity contribution < 1.29 is 10.3 Å². The molecule has 0 aromatic rings. The minimum Gasteiger partial charge on any atom is -0.409 e. The zero-order valence-electron chi connectivity index (χ0n) is 7.43. The van der Waals surface area contributed by atoms with E-state index in [0.717, 1.165) is 19.5 Å². The molecule has 3 fully saturated rings. The molecule has 4 N–H and O–H groups in total. The molecule has 2 heterocycles. The van der Waals surface area contributed by atoms with Gasteiger partial charge in [-0.1, -0.05) is 5.16 Å². The van der Waals surface area contributed by atoms with Gasteiger partial charge in [-0.05, 0) is 18.3 Å². The van der Waals surface area contributed by atoms with E-state index in [9.17, 15) is 5.11 Å². The predicted octanol–water partition coefficient (Wildman–Crippen LogP) is -0.955. The van der Waals surface area contributed by atoms with Crippen molar-refractivity contribution in [2.45, 2.75) is 12.5 Å². The normalized spacial score (nSPS) is 40.1. The number of piperidine rings is 2. The molecule has 3 aliphatic rings. The molecule has 0 aromatic carbocycles. The largest absolute Gasteiger partial charge is 0.409 e. The minimum atomic E-state index is -0.108. The van der Waals surface area contributed by atoms with Crippen molar-refractivity contribution in [3.05, 3.63) is 0 Å². The molecule has 0 spiro atoms. The van der Waals surface area contributed by atoms with Crippen LogP contribution in [0.2, 0.25) is 0 Å². The zero-order chi connectivity index (χ0) is 9.42. The van der Waals surface area contributed by atoms with E-state index in [2.05, 4.69) is 10.1 Å². The fourth-order valence-corrected chi connectivity index (χ4v) is 2.35. The second kappa shape index (κ2) is 3.16. The number of rotatable bonds is 2. The molecule has 0 amide bonds. The van der Waals surface area contributed by atoms with Crippen LogP contribution in [0.1, 0.15) is 6.42 Å². The van der Waals surface area contributed by atoms with Gasteiger partial charge in [0.05, 0.1) is 12.6 Å². The van der Waals surface area contributed by atoms with Crippen LogP contribution in [0.25, 0.3) is 0 Å². The maximum absolute atomic E-state index is 9.50. The minimum absolute atomic E-state index is 0.108. The van der Waals surface area contributed by atoms with Crippen molar-refractivity contribution in [1.82, 2.24) is 4.90 Å². The molecular weight excluding hydrogens is 170 g/mol. The number of hydrogen-bond acceptors (Lipinski definition) is 4. The third-order valence-corrected chi connectivity index (χ3v) is 3.07. The number of aliphatic hydroxyl groups is 1. The molecule has 1 saturated carbocycles. The molecule has 5 heteroatoms. The van der Waals surface area contributed by atoms with E-state index in [1.807, 2.05) is 0 Å². The quantitative estimate of drug-likeness (QED) is 0.224. The molecule has 2 aliphatic heterocycles. The van der Waals surface area contributed by atoms with Crippen molar-refractivity contribution >= 4 is 5.84 Å². The van der Waals surface area contributed by atoms with Crippen molar-refractivity contribution in [2.24, 2.45) is 22.7 Å². The van der Waals surface area contributed by atoms with E-state index < -0.39 is 0 Å². The number of hydrogen-bond donors (Lipinski definition) is 3. The van der Waals surface area contributed by atoms with E-state index in [4.69, 9.17) is 10.9 Å². The predicted molar refractivity (Wildman–Crippen MR) is 47.5 cm³/mol. The lowest BCUT2D eigenvalue weighted by atomic mass is 9.68. The highest BCUT2D eigenvalue weighted by Gasteiger charge is 2.45. The molecule has 2 saturated heterocycles. The van der Waals surface area contributed by atoms with Crippen molar-refractivity contribution in [3.63, 3.8) is 0 Å². The van der Waals surface area contributed by atoms with Crippen LogP contribution in [0.3, 0.4) is 0 Å². The molecule has 0 aromatic heterocycles. The van der Waals surface area contributed by atoms with Crippen LogP contribution in [0.4, 0.5) is 0 Å². The summed E-state index contributed by atoms with van der Waals surface area (Å²) in [5.74, 6) is 1.06. The van der Waals surface area contributed by atoms with Crippen LogP contribution in [-0.4, -0.2) is 46.8 Å². The van der Waals surface area contributed by atoms with Gasteiger partial charge in [-0.3, -0.25) is 4.90 Å². The average molecular weight is 185 g/mol. The number of fused-ring (bicyclic) bond motifs is 2. The van der Waals surface area contributed by atoms with Gasteiger partial charge in [0.25, 0.3) is 0 Å². The highest BCUT2D eigenvalue weighted by Crippen LogP contribution is 2.39. The lowest BCUT2D eigenvalue weighted by Gasteiger charge is -2.51. The summed E-state index contributed by atoms with van der Waals surface area (Å²) in [4.78, 5) is 2.13. The standard InChI is InChI=1S/C8H15N3O2/c9-7(10-13)4-11-2-5-1-6(3-11)8(5)12/h5-6,8,12-13H,1-4H2,(H2,9,10). The number of aliphatic hydroxyl groups excluding tert-OH is 1. The van der Waals surface area contributed by atoms with Gasteiger partial charge in [0, 0.05) is 13.1 Å². The van der Waals surface area contributed by atoms with Crippen LogP contribution >= 0.6 is 0 Å². The summed E-state index contributed by atoms with van der Waals surface area (Å²) in [6.45, 7) is 2.25. The van der Waals surface area contributed by atoms with Gasteiger partial charge in [-0.15, -0.1) is 0 Å². The smallest absolute Gasteiger partial charge is 0.153 e. The number of nitrogens with zero attached hydrogens (tertiary/aromatic N) is 2. The SMILES string of the molecule is N/C(CN1CC2CC(C1)C2O)=N\O. The van der Waals surface area contributed by atoms with Crippen LogP contribution < -0.4 is 5.73 Å². The van der Waals surface area contributed by atoms with Gasteiger partial charge in [0.1, 0.15) is 0 Å². The van der Waals surface area contributed by atoms with Gasteiger partial charge in [-0.2, -0.15) is 0 Å². The number of amidine groups is 1. The zero-order valence-corrected chi connectivity index (χ0v) is 7.43. The Hall–Kier alpha value is -0.810. The van der Waals surface area contributed by atoms with Gasteiger partial charge in [-0.25, -0.2) is 0 Å². The molecule has 3 rings (SSSR count). The van der Waals surface area contributed by atoms with Crippen LogP contribution in [0.5, 0.6) is 0 Å². The Morgan fingerprint density at radius 2 is 2.08 bits per heavy atom. The number of oxime groups is 1. The summed E-state index contributed by atoms with van der Waals surface area (Å²) in [5.41, 5.74) is 5.39. The van der Waals surface area contributed by atoms with Crippen molar-refractivity contribution in [2.75, 3.05) is 19.6 Å². The molecule has 1 aliphatic carbocycles. The Morgan fingerprint density at radius 1 is 1.46 bits per heavy atom. The Labute approximate surface area is 76.8 Å². The number of nitrogens with two attached hydrogens (primary N) is 1. The van der Waals surface area contributed by atoms with E-state index in [1.165, 1.54) is 0 Å². The lowest BCUT2D eigenvalue weighted by molar-refractivity contribution is -0.103. The van der Waals surface area contributed by atoms with Crippen LogP contribution in [0, 0.1) is 11.8 Å². The Bertz CT molecular complexity index is 219. The fraction of sp³-hybridized carbons (Fsp3) is 0.875. The maximum Gasteiger partial charge on any atom is 0.153 e. The summed E-state index contributed by atoms with van der Waals surface area (Å²) in [5, 5.41) is 20.8. The molecular formula is C8H15N3O2. The molecule has 13 heavy (non-hydrogen) atoms. The van der Waals surface area contributed by atoms with Crippen LogP contribution in [-0.2, 0) is 0 Å². The first-order valence-corrected chi connectivity index (χ1v) is 4.57. The highest BCUT2D eigenvalue weighted by atomic mass is 16.4. The van der Waals surface area contributed by atoms with Gasteiger partial charge in [0.2, 0.25) is 0 Å². The second-order valence-electron chi connectivity index (χ2n) is 4.03. The first kappa shape index (κ1) is 8.77. The Morgan fingerprint density at radius 3 is 2.54 bits per heavy atom. The summed E-state index contributed by atoms with van der Waals surface area (Å²) in [6, 6.07) is 0. The highest BCUT2D eigenvalue weighted by molar-refractivity contribution is 5.81. The first-order valence-electron chi connectivity index (χ1n) is 4.57. The molecule has 2 atom stereocenters. The monoisotopic (exact) mass is 185 g/mol. The van der Waals surface area contributed by atoms with Crippen molar-refractivity contribution in [1.29, 1.82) is 0 Å². The van der Waals surface area contributed by atoms with Gasteiger partial charge in [0.15, 0.2) is 5.84 Å². The topological polar surface area (TPSA) is 82.1 Å². The summed E-state index contributed by atoms with van der Waals surface area (Å²) in [6.07, 6.45) is 1.02. The molecule has 5 nitrogen and oxygen atoms in total. The van der Waals surface area contributed by atoms with Gasteiger partial charge < -0.3 is 16.0 Å². The van der Waals surface area contributed by atoms with Crippen molar-refractivity contribution in [3.8, 4) is 0 Å².